The summed E-state index contributed by atoms with van der Waals surface area (Å²) in [4.78, 5) is 6.75. The van der Waals surface area contributed by atoms with Gasteiger partial charge in [-0.1, -0.05) is 48.8 Å². The third-order valence-corrected chi connectivity index (χ3v) is 3.85. The van der Waals surface area contributed by atoms with E-state index in [4.69, 9.17) is 16.1 Å². The van der Waals surface area contributed by atoms with Crippen LogP contribution in [0.4, 0.5) is 0 Å². The zero-order valence-electron chi connectivity index (χ0n) is 11.8. The van der Waals surface area contributed by atoms with Gasteiger partial charge in [0.2, 0.25) is 5.89 Å². The van der Waals surface area contributed by atoms with E-state index in [0.29, 0.717) is 23.6 Å². The van der Waals surface area contributed by atoms with Crippen molar-refractivity contribution < 1.29 is 4.52 Å². The Bertz CT molecular complexity index is 601. The van der Waals surface area contributed by atoms with E-state index in [0.717, 1.165) is 30.2 Å². The van der Waals surface area contributed by atoms with Gasteiger partial charge < -0.3 is 4.52 Å². The van der Waals surface area contributed by atoms with Crippen LogP contribution >= 0.6 is 11.6 Å². The number of hydrogen-bond acceptors (Lipinski definition) is 4. The summed E-state index contributed by atoms with van der Waals surface area (Å²) in [5.41, 5.74) is 1.44. The average Bonchev–Trinajstić information content (AvgIpc) is 2.77. The average molecular weight is 292 g/mol. The molecule has 0 amide bonds. The lowest BCUT2D eigenvalue weighted by Gasteiger charge is -2.45. The van der Waals surface area contributed by atoms with E-state index in [1.54, 1.807) is 0 Å². The van der Waals surface area contributed by atoms with Crippen molar-refractivity contribution in [3.8, 4) is 0 Å². The van der Waals surface area contributed by atoms with Gasteiger partial charge in [0.25, 0.3) is 0 Å². The summed E-state index contributed by atoms with van der Waals surface area (Å²) < 4.78 is 5.31. The van der Waals surface area contributed by atoms with Crippen LogP contribution in [-0.4, -0.2) is 28.1 Å². The van der Waals surface area contributed by atoms with Crippen molar-refractivity contribution in [3.05, 3.63) is 46.6 Å². The van der Waals surface area contributed by atoms with Crippen molar-refractivity contribution in [1.29, 1.82) is 0 Å². The number of benzene rings is 1. The minimum Gasteiger partial charge on any atom is -0.338 e. The van der Waals surface area contributed by atoms with Crippen LogP contribution < -0.4 is 0 Å². The fourth-order valence-corrected chi connectivity index (χ4v) is 2.91. The smallest absolute Gasteiger partial charge is 0.240 e. The number of hydrogen-bond donors (Lipinski definition) is 0. The summed E-state index contributed by atoms with van der Waals surface area (Å²) in [5, 5.41) is 4.77. The molecule has 0 aliphatic carbocycles. The van der Waals surface area contributed by atoms with E-state index in [1.165, 1.54) is 0 Å². The first-order valence-corrected chi connectivity index (χ1v) is 7.17. The summed E-state index contributed by atoms with van der Waals surface area (Å²) >= 11 is 6.13. The van der Waals surface area contributed by atoms with Crippen LogP contribution in [0.5, 0.6) is 0 Å². The zero-order valence-corrected chi connectivity index (χ0v) is 12.5. The van der Waals surface area contributed by atoms with Gasteiger partial charge in [-0.3, -0.25) is 4.90 Å². The molecule has 20 heavy (non-hydrogen) atoms. The van der Waals surface area contributed by atoms with Gasteiger partial charge in [-0.25, -0.2) is 0 Å². The van der Waals surface area contributed by atoms with E-state index in [9.17, 15) is 0 Å². The summed E-state index contributed by atoms with van der Waals surface area (Å²) in [6, 6.07) is 7.74. The fourth-order valence-electron chi connectivity index (χ4n) is 2.71. The van der Waals surface area contributed by atoms with Crippen molar-refractivity contribution >= 4 is 11.6 Å². The number of likely N-dealkylation sites (tertiary alicyclic amines) is 1. The van der Waals surface area contributed by atoms with Crippen molar-refractivity contribution in [2.75, 3.05) is 13.1 Å². The van der Waals surface area contributed by atoms with Crippen molar-refractivity contribution in [1.82, 2.24) is 15.0 Å². The Labute approximate surface area is 123 Å². The van der Waals surface area contributed by atoms with Crippen LogP contribution in [0.25, 0.3) is 0 Å². The van der Waals surface area contributed by atoms with Gasteiger partial charge in [0.15, 0.2) is 5.82 Å². The highest BCUT2D eigenvalue weighted by molar-refractivity contribution is 6.31. The lowest BCUT2D eigenvalue weighted by Crippen LogP contribution is -2.52. The predicted octanol–water partition coefficient (Wildman–Crippen LogP) is 3.16. The predicted molar refractivity (Wildman–Crippen MR) is 77.6 cm³/mol. The minimum absolute atomic E-state index is 0.417. The standard InChI is InChI=1S/C15H18ClN3O/c1-15(2)9-19(10-15)8-14-17-13(18-20-14)7-11-5-3-4-6-12(11)16/h3-6H,7-10H2,1-2H3. The zero-order chi connectivity index (χ0) is 14.2. The first-order valence-electron chi connectivity index (χ1n) is 6.79. The van der Waals surface area contributed by atoms with Crippen LogP contribution in [-0.2, 0) is 13.0 Å². The fraction of sp³-hybridized carbons (Fsp3) is 0.467. The molecule has 106 valence electrons. The molecule has 2 aromatic rings. The maximum absolute atomic E-state index is 6.13. The number of rotatable bonds is 4. The lowest BCUT2D eigenvalue weighted by molar-refractivity contribution is 0.0164. The first-order chi connectivity index (χ1) is 9.52. The van der Waals surface area contributed by atoms with E-state index < -0.39 is 0 Å². The summed E-state index contributed by atoms with van der Waals surface area (Å²) in [7, 11) is 0. The highest BCUT2D eigenvalue weighted by atomic mass is 35.5. The molecule has 4 nitrogen and oxygen atoms in total. The van der Waals surface area contributed by atoms with Gasteiger partial charge in [-0.15, -0.1) is 0 Å². The lowest BCUT2D eigenvalue weighted by atomic mass is 9.84. The van der Waals surface area contributed by atoms with E-state index in [2.05, 4.69) is 28.9 Å². The van der Waals surface area contributed by atoms with E-state index >= 15 is 0 Å². The molecule has 1 fully saturated rings. The van der Waals surface area contributed by atoms with Gasteiger partial charge in [-0.05, 0) is 17.0 Å². The molecule has 0 atom stereocenters. The molecular weight excluding hydrogens is 274 g/mol. The van der Waals surface area contributed by atoms with Gasteiger partial charge in [-0.2, -0.15) is 4.98 Å². The van der Waals surface area contributed by atoms with Crippen molar-refractivity contribution in [2.24, 2.45) is 5.41 Å². The first kappa shape index (κ1) is 13.6. The van der Waals surface area contributed by atoms with Crippen LogP contribution in [0.1, 0.15) is 31.1 Å². The quantitative estimate of drug-likeness (QED) is 0.868. The molecule has 1 aromatic heterocycles. The molecular formula is C15H18ClN3O. The minimum atomic E-state index is 0.417. The van der Waals surface area contributed by atoms with E-state index in [1.807, 2.05) is 24.3 Å². The molecule has 0 bridgehead atoms. The van der Waals surface area contributed by atoms with Gasteiger partial charge in [0.1, 0.15) is 0 Å². The highest BCUT2D eigenvalue weighted by Gasteiger charge is 2.34. The summed E-state index contributed by atoms with van der Waals surface area (Å²) in [6.07, 6.45) is 0.606. The van der Waals surface area contributed by atoms with Gasteiger partial charge in [0, 0.05) is 24.5 Å². The molecule has 1 aliphatic rings. The summed E-state index contributed by atoms with van der Waals surface area (Å²) in [5.74, 6) is 1.37. The molecule has 5 heteroatoms. The Kier molecular flexibility index (Phi) is 3.52. The maximum atomic E-state index is 6.13. The topological polar surface area (TPSA) is 42.2 Å². The second kappa shape index (κ2) is 5.19. The molecule has 1 saturated heterocycles. The highest BCUT2D eigenvalue weighted by Crippen LogP contribution is 2.29. The Balaban J connectivity index is 1.61. The Hall–Kier alpha value is -1.39. The number of aromatic nitrogens is 2. The van der Waals surface area contributed by atoms with Crippen LogP contribution in [0.3, 0.4) is 0 Å². The van der Waals surface area contributed by atoms with Crippen LogP contribution in [0.2, 0.25) is 5.02 Å². The van der Waals surface area contributed by atoms with Crippen molar-refractivity contribution in [2.45, 2.75) is 26.8 Å². The molecule has 3 rings (SSSR count). The molecule has 2 heterocycles. The molecule has 0 radical (unpaired) electrons. The Morgan fingerprint density at radius 3 is 2.75 bits per heavy atom. The molecule has 0 spiro atoms. The second-order valence-electron chi connectivity index (χ2n) is 6.18. The van der Waals surface area contributed by atoms with E-state index in [-0.39, 0.29) is 0 Å². The third kappa shape index (κ3) is 3.02. The largest absolute Gasteiger partial charge is 0.338 e. The summed E-state index contributed by atoms with van der Waals surface area (Å²) in [6.45, 7) is 7.42. The SMILES string of the molecule is CC1(C)CN(Cc2nc(Cc3ccccc3Cl)no2)C1. The van der Waals surface area contributed by atoms with Gasteiger partial charge >= 0.3 is 0 Å². The van der Waals surface area contributed by atoms with Crippen LogP contribution in [0.15, 0.2) is 28.8 Å². The second-order valence-corrected chi connectivity index (χ2v) is 6.59. The molecule has 0 saturated carbocycles. The van der Waals surface area contributed by atoms with Crippen molar-refractivity contribution in [3.63, 3.8) is 0 Å². The Morgan fingerprint density at radius 1 is 1.30 bits per heavy atom. The molecule has 0 unspecified atom stereocenters. The Morgan fingerprint density at radius 2 is 2.05 bits per heavy atom. The molecule has 1 aromatic carbocycles. The molecule has 1 aliphatic heterocycles. The van der Waals surface area contributed by atoms with Gasteiger partial charge in [0.05, 0.1) is 6.54 Å². The number of halogens is 1. The maximum Gasteiger partial charge on any atom is 0.240 e. The normalized spacial score (nSPS) is 17.9. The monoisotopic (exact) mass is 291 g/mol. The third-order valence-electron chi connectivity index (χ3n) is 3.48. The number of nitrogens with zero attached hydrogens (tertiary/aromatic N) is 3. The van der Waals surface area contributed by atoms with Crippen LogP contribution in [0, 0.1) is 5.41 Å². The molecule has 0 N–H and O–H groups in total.